The number of unbranched alkanes of at least 4 members (excludes halogenated alkanes) is 2. The zero-order valence-corrected chi connectivity index (χ0v) is 23.9. The number of nitrogens with one attached hydrogen (secondary N) is 2. The van der Waals surface area contributed by atoms with Crippen LogP contribution in [-0.4, -0.2) is 41.2 Å². The first-order chi connectivity index (χ1) is 18.3. The summed E-state index contributed by atoms with van der Waals surface area (Å²) in [5, 5.41) is 4.14. The second-order valence-electron chi connectivity index (χ2n) is 10.3. The van der Waals surface area contributed by atoms with Crippen LogP contribution in [0.25, 0.3) is 11.2 Å². The van der Waals surface area contributed by atoms with Gasteiger partial charge in [0.1, 0.15) is 17.0 Å². The van der Waals surface area contributed by atoms with Gasteiger partial charge in [0.05, 0.1) is 12.3 Å². The van der Waals surface area contributed by atoms with Crippen LogP contribution in [0.15, 0.2) is 30.3 Å². The van der Waals surface area contributed by atoms with E-state index in [0.717, 1.165) is 42.4 Å². The highest BCUT2D eigenvalue weighted by Crippen LogP contribution is 2.27. The summed E-state index contributed by atoms with van der Waals surface area (Å²) in [5.41, 5.74) is 3.06. The van der Waals surface area contributed by atoms with Gasteiger partial charge in [0.15, 0.2) is 5.65 Å². The van der Waals surface area contributed by atoms with Crippen molar-refractivity contribution in [2.75, 3.05) is 17.6 Å². The summed E-state index contributed by atoms with van der Waals surface area (Å²) in [7, 11) is -3.72. The van der Waals surface area contributed by atoms with Crippen LogP contribution in [0.2, 0.25) is 5.02 Å². The van der Waals surface area contributed by atoms with Crippen LogP contribution in [0.1, 0.15) is 86.6 Å². The number of pyridine rings is 1. The van der Waals surface area contributed by atoms with E-state index >= 15 is 0 Å². The van der Waals surface area contributed by atoms with Gasteiger partial charge in [0.25, 0.3) is 5.91 Å². The number of fused-ring (bicyclic) bond motifs is 1. The molecule has 0 bridgehead atoms. The lowest BCUT2D eigenvalue weighted by Gasteiger charge is -2.21. The number of aryl methyl sites for hydroxylation is 1. The molecular weight excluding hydrogens is 522 g/mol. The van der Waals surface area contributed by atoms with E-state index in [1.165, 1.54) is 44.6 Å². The minimum Gasteiger partial charge on any atom is -0.385 e. The smallest absolute Gasteiger partial charge is 0.283 e. The first-order valence-corrected chi connectivity index (χ1v) is 15.7. The average molecular weight is 560 g/mol. The van der Waals surface area contributed by atoms with E-state index in [1.807, 2.05) is 36.6 Å². The van der Waals surface area contributed by atoms with Gasteiger partial charge in [-0.3, -0.25) is 4.79 Å². The Labute approximate surface area is 230 Å². The Morgan fingerprint density at radius 3 is 2.63 bits per heavy atom. The largest absolute Gasteiger partial charge is 0.385 e. The molecule has 8 nitrogen and oxygen atoms in total. The summed E-state index contributed by atoms with van der Waals surface area (Å²) < 4.78 is 28.6. The molecule has 10 heteroatoms. The molecule has 1 aromatic carbocycles. The third-order valence-corrected chi connectivity index (χ3v) is 8.94. The molecule has 0 spiro atoms. The Balaban J connectivity index is 1.44. The molecule has 2 aromatic heterocycles. The van der Waals surface area contributed by atoms with E-state index in [2.05, 4.69) is 20.0 Å². The zero-order chi connectivity index (χ0) is 27.1. The average Bonchev–Trinajstić information content (AvgIpc) is 3.20. The number of rotatable bonds is 12. The van der Waals surface area contributed by atoms with Crippen molar-refractivity contribution in [3.05, 3.63) is 52.4 Å². The van der Waals surface area contributed by atoms with Gasteiger partial charge in [0, 0.05) is 17.3 Å². The van der Waals surface area contributed by atoms with E-state index in [9.17, 15) is 13.2 Å². The van der Waals surface area contributed by atoms with Crippen molar-refractivity contribution in [2.45, 2.75) is 78.2 Å². The maximum atomic E-state index is 12.7. The van der Waals surface area contributed by atoms with Crippen molar-refractivity contribution in [2.24, 2.45) is 5.92 Å². The highest BCUT2D eigenvalue weighted by molar-refractivity contribution is 7.90. The molecule has 4 rings (SSSR count). The predicted octanol–water partition coefficient (Wildman–Crippen LogP) is 6.07. The Bertz CT molecular complexity index is 1370. The number of anilines is 1. The quantitative estimate of drug-likeness (QED) is 0.261. The molecular formula is C28H38ClN5O3S. The van der Waals surface area contributed by atoms with E-state index in [4.69, 9.17) is 11.6 Å². The number of hydrogen-bond acceptors (Lipinski definition) is 6. The van der Waals surface area contributed by atoms with Crippen LogP contribution in [0.4, 0.5) is 5.69 Å². The van der Waals surface area contributed by atoms with Crippen LogP contribution in [0.3, 0.4) is 0 Å². The number of benzene rings is 1. The molecule has 1 aliphatic rings. The van der Waals surface area contributed by atoms with E-state index < -0.39 is 15.9 Å². The van der Waals surface area contributed by atoms with Gasteiger partial charge in [-0.1, -0.05) is 69.5 Å². The molecule has 0 radical (unpaired) electrons. The molecule has 1 saturated carbocycles. The summed E-state index contributed by atoms with van der Waals surface area (Å²) in [4.78, 5) is 21.7. The summed E-state index contributed by atoms with van der Waals surface area (Å²) in [6.07, 6.45) is 10.1. The standard InChI is InChI=1S/C28H38ClN5O3S/c1-3-4-8-17-38(36,37)33-28(35)26-14-13-25-27(32-26)34(20(2)31-25)19-22-11-12-23(18-24(22)29)30-16-15-21-9-6-5-7-10-21/h11-14,18,21,30H,3-10,15-17,19H2,1-2H3,(H,33,35). The zero-order valence-electron chi connectivity index (χ0n) is 22.3. The van der Waals surface area contributed by atoms with Crippen molar-refractivity contribution >= 4 is 44.4 Å². The molecule has 38 heavy (non-hydrogen) atoms. The van der Waals surface area contributed by atoms with Crippen LogP contribution in [-0.2, 0) is 16.6 Å². The molecule has 1 aliphatic carbocycles. The minimum absolute atomic E-state index is 0.0290. The number of nitrogens with zero attached hydrogens (tertiary/aromatic N) is 3. The number of amides is 1. The third-order valence-electron chi connectivity index (χ3n) is 7.27. The normalized spacial score (nSPS) is 14.6. The van der Waals surface area contributed by atoms with E-state index in [-0.39, 0.29) is 11.4 Å². The van der Waals surface area contributed by atoms with E-state index in [1.54, 1.807) is 6.07 Å². The molecule has 0 atom stereocenters. The molecule has 2 heterocycles. The number of sulfonamides is 1. The molecule has 0 aliphatic heterocycles. The maximum absolute atomic E-state index is 12.7. The molecule has 2 N–H and O–H groups in total. The van der Waals surface area contributed by atoms with Crippen molar-refractivity contribution in [1.82, 2.24) is 19.3 Å². The van der Waals surface area contributed by atoms with Gasteiger partial charge in [-0.15, -0.1) is 0 Å². The fourth-order valence-electron chi connectivity index (χ4n) is 5.07. The number of halogens is 1. The number of hydrogen-bond donors (Lipinski definition) is 2. The third kappa shape index (κ3) is 7.47. The lowest BCUT2D eigenvalue weighted by atomic mass is 9.87. The van der Waals surface area contributed by atoms with Crippen LogP contribution in [0, 0.1) is 12.8 Å². The second-order valence-corrected chi connectivity index (χ2v) is 12.5. The first kappa shape index (κ1) is 28.4. The lowest BCUT2D eigenvalue weighted by Crippen LogP contribution is -2.33. The number of carbonyl (C=O) groups excluding carboxylic acids is 1. The Morgan fingerprint density at radius 2 is 1.89 bits per heavy atom. The van der Waals surface area contributed by atoms with Crippen molar-refractivity contribution in [1.29, 1.82) is 0 Å². The topological polar surface area (TPSA) is 106 Å². The summed E-state index contributed by atoms with van der Waals surface area (Å²) >= 11 is 6.66. The Kier molecular flexibility index (Phi) is 9.65. The molecule has 0 unspecified atom stereocenters. The van der Waals surface area contributed by atoms with Gasteiger partial charge in [-0.05, 0) is 55.5 Å². The molecule has 1 amide bonds. The predicted molar refractivity (Wildman–Crippen MR) is 153 cm³/mol. The monoisotopic (exact) mass is 559 g/mol. The number of carbonyl (C=O) groups is 1. The van der Waals surface area contributed by atoms with Gasteiger partial charge in [-0.25, -0.2) is 23.1 Å². The van der Waals surface area contributed by atoms with Crippen LogP contribution >= 0.6 is 11.6 Å². The summed E-state index contributed by atoms with van der Waals surface area (Å²) in [6, 6.07) is 9.16. The van der Waals surface area contributed by atoms with Gasteiger partial charge in [0.2, 0.25) is 10.0 Å². The van der Waals surface area contributed by atoms with Crippen LogP contribution < -0.4 is 10.0 Å². The Hall–Kier alpha value is -2.65. The first-order valence-electron chi connectivity index (χ1n) is 13.7. The van der Waals surface area contributed by atoms with Gasteiger partial charge >= 0.3 is 0 Å². The summed E-state index contributed by atoms with van der Waals surface area (Å²) in [5.74, 6) is 0.720. The Morgan fingerprint density at radius 1 is 1.11 bits per heavy atom. The van der Waals surface area contributed by atoms with Crippen molar-refractivity contribution < 1.29 is 13.2 Å². The molecule has 3 aromatic rings. The molecule has 0 saturated heterocycles. The molecule has 206 valence electrons. The fourth-order valence-corrected chi connectivity index (χ4v) is 6.38. The van der Waals surface area contributed by atoms with Crippen molar-refractivity contribution in [3.8, 4) is 0 Å². The SMILES string of the molecule is CCCCCS(=O)(=O)NC(=O)c1ccc2nc(C)n(Cc3ccc(NCCC4CCCCC4)cc3Cl)c2n1. The van der Waals surface area contributed by atoms with Crippen LogP contribution in [0.5, 0.6) is 0 Å². The van der Waals surface area contributed by atoms with Crippen molar-refractivity contribution in [3.63, 3.8) is 0 Å². The highest BCUT2D eigenvalue weighted by atomic mass is 35.5. The van der Waals surface area contributed by atoms with E-state index in [0.29, 0.717) is 29.2 Å². The van der Waals surface area contributed by atoms with Gasteiger partial charge in [-0.2, -0.15) is 0 Å². The maximum Gasteiger partial charge on any atom is 0.283 e. The van der Waals surface area contributed by atoms with Gasteiger partial charge < -0.3 is 9.88 Å². The minimum atomic E-state index is -3.72. The fraction of sp³-hybridized carbons (Fsp3) is 0.536. The highest BCUT2D eigenvalue weighted by Gasteiger charge is 2.19. The number of imidazole rings is 1. The number of aromatic nitrogens is 3. The lowest BCUT2D eigenvalue weighted by molar-refractivity contribution is 0.0977. The summed E-state index contributed by atoms with van der Waals surface area (Å²) in [6.45, 7) is 5.23. The molecule has 1 fully saturated rings. The second kappa shape index (κ2) is 12.9.